The lowest BCUT2D eigenvalue weighted by Crippen LogP contribution is -2.47. The Morgan fingerprint density at radius 2 is 1.72 bits per heavy atom. The summed E-state index contributed by atoms with van der Waals surface area (Å²) >= 11 is 0. The molecule has 0 aromatic rings. The van der Waals surface area contributed by atoms with Crippen LogP contribution in [-0.4, -0.2) is 98.5 Å². The molecule has 4 aliphatic rings. The summed E-state index contributed by atoms with van der Waals surface area (Å²) in [4.78, 5) is 4.98. The van der Waals surface area contributed by atoms with Crippen molar-refractivity contribution in [3.8, 4) is 0 Å². The lowest BCUT2D eigenvalue weighted by atomic mass is 9.79. The molecule has 4 aliphatic heterocycles. The van der Waals surface area contributed by atoms with E-state index in [0.717, 1.165) is 6.54 Å². The molecule has 0 aliphatic carbocycles. The van der Waals surface area contributed by atoms with Crippen LogP contribution in [0.1, 0.15) is 44.9 Å². The van der Waals surface area contributed by atoms with Gasteiger partial charge in [-0.1, -0.05) is 0 Å². The van der Waals surface area contributed by atoms with E-state index in [2.05, 4.69) is 41.0 Å². The molecule has 0 radical (unpaired) electrons. The zero-order valence-corrected chi connectivity index (χ0v) is 16.7. The molecule has 4 rings (SSSR count). The molecule has 0 aromatic carbocycles. The smallest absolute Gasteiger partial charge is 0.0724 e. The van der Waals surface area contributed by atoms with Crippen molar-refractivity contribution in [3.05, 3.63) is 0 Å². The molecule has 0 bridgehead atoms. The Hall–Kier alpha value is -0.200. The molecule has 2 unspecified atom stereocenters. The minimum atomic E-state index is 0.205. The van der Waals surface area contributed by atoms with Crippen molar-refractivity contribution in [2.45, 2.75) is 56.7 Å². The lowest BCUT2D eigenvalue weighted by Gasteiger charge is -2.40. The minimum Gasteiger partial charge on any atom is -0.370 e. The summed E-state index contributed by atoms with van der Waals surface area (Å²) in [7, 11) is 6.81. The fourth-order valence-electron chi connectivity index (χ4n) is 5.82. The third kappa shape index (κ3) is 3.91. The molecular weight excluding hydrogens is 312 g/mol. The summed E-state index contributed by atoms with van der Waals surface area (Å²) in [6.07, 6.45) is 9.55. The summed E-state index contributed by atoms with van der Waals surface area (Å²) in [5, 5.41) is 5.10. The van der Waals surface area contributed by atoms with Gasteiger partial charge in [-0.3, -0.25) is 0 Å². The van der Waals surface area contributed by atoms with Crippen LogP contribution >= 0.6 is 0 Å². The van der Waals surface area contributed by atoms with E-state index in [-0.39, 0.29) is 5.60 Å². The summed E-state index contributed by atoms with van der Waals surface area (Å²) < 4.78 is 6.62. The predicted octanol–water partition coefficient (Wildman–Crippen LogP) is 1.89. The summed E-state index contributed by atoms with van der Waals surface area (Å²) in [5.74, 6) is 0. The highest BCUT2D eigenvalue weighted by Crippen LogP contribution is 2.41. The van der Waals surface area contributed by atoms with Gasteiger partial charge < -0.3 is 14.5 Å². The maximum atomic E-state index is 6.62. The molecule has 144 valence electrons. The van der Waals surface area contributed by atoms with Gasteiger partial charge in [-0.15, -0.1) is 0 Å². The first-order valence-corrected chi connectivity index (χ1v) is 10.5. The topological polar surface area (TPSA) is 22.2 Å². The zero-order valence-electron chi connectivity index (χ0n) is 16.7. The van der Waals surface area contributed by atoms with E-state index in [9.17, 15) is 0 Å². The van der Waals surface area contributed by atoms with Crippen molar-refractivity contribution in [2.24, 2.45) is 5.41 Å². The van der Waals surface area contributed by atoms with Crippen LogP contribution in [-0.2, 0) is 4.74 Å². The molecule has 5 heteroatoms. The molecule has 0 saturated carbocycles. The van der Waals surface area contributed by atoms with E-state index in [4.69, 9.17) is 4.74 Å². The first-order valence-electron chi connectivity index (χ1n) is 10.5. The first-order chi connectivity index (χ1) is 12.0. The Labute approximate surface area is 154 Å². The number of rotatable bonds is 3. The van der Waals surface area contributed by atoms with E-state index in [1.807, 2.05) is 0 Å². The Bertz CT molecular complexity index is 465. The number of hydrogen-bond donors (Lipinski definition) is 0. The van der Waals surface area contributed by atoms with Crippen LogP contribution in [0.3, 0.4) is 0 Å². The van der Waals surface area contributed by atoms with E-state index >= 15 is 0 Å². The standard InChI is InChI=1S/C20H38N4O/c1-21-12-9-20(10-13-21)7-5-18(25-20)15-23(3)24-14-8-19(17-24)6-4-11-22(2)16-19/h18H,4-17H2,1-3H3. The van der Waals surface area contributed by atoms with Crippen molar-refractivity contribution < 1.29 is 4.74 Å². The Morgan fingerprint density at radius 3 is 2.48 bits per heavy atom. The van der Waals surface area contributed by atoms with Crippen molar-refractivity contribution >= 4 is 0 Å². The van der Waals surface area contributed by atoms with Crippen LogP contribution in [0, 0.1) is 5.41 Å². The fourth-order valence-corrected chi connectivity index (χ4v) is 5.82. The third-order valence-corrected chi connectivity index (χ3v) is 7.46. The van der Waals surface area contributed by atoms with E-state index < -0.39 is 0 Å². The number of hydrazine groups is 1. The molecule has 25 heavy (non-hydrogen) atoms. The SMILES string of the molecule is CN1CCC2(CCC(CN(C)N3CCC4(CCCN(C)C4)C3)O2)CC1. The zero-order chi connectivity index (χ0) is 17.5. The highest BCUT2D eigenvalue weighted by molar-refractivity contribution is 4.95. The lowest BCUT2D eigenvalue weighted by molar-refractivity contribution is -0.101. The molecular formula is C20H38N4O. The average Bonchev–Trinajstić information content (AvgIpc) is 3.16. The second-order valence-corrected chi connectivity index (χ2v) is 9.58. The molecule has 0 amide bonds. The molecule has 4 fully saturated rings. The maximum absolute atomic E-state index is 6.62. The van der Waals surface area contributed by atoms with E-state index in [1.165, 1.54) is 84.2 Å². The van der Waals surface area contributed by atoms with Gasteiger partial charge in [0.15, 0.2) is 0 Å². The van der Waals surface area contributed by atoms with Crippen LogP contribution in [0.15, 0.2) is 0 Å². The second-order valence-electron chi connectivity index (χ2n) is 9.58. The average molecular weight is 351 g/mol. The third-order valence-electron chi connectivity index (χ3n) is 7.46. The highest BCUT2D eigenvalue weighted by atomic mass is 16.5. The Kier molecular flexibility index (Phi) is 5.15. The summed E-state index contributed by atoms with van der Waals surface area (Å²) in [6, 6.07) is 0. The van der Waals surface area contributed by atoms with Gasteiger partial charge in [0.1, 0.15) is 0 Å². The van der Waals surface area contributed by atoms with Crippen molar-refractivity contribution in [2.75, 3.05) is 67.0 Å². The number of ether oxygens (including phenoxy) is 1. The molecule has 2 atom stereocenters. The second kappa shape index (κ2) is 7.08. The van der Waals surface area contributed by atoms with Gasteiger partial charge in [-0.25, -0.2) is 10.0 Å². The predicted molar refractivity (Wildman–Crippen MR) is 102 cm³/mol. The Balaban J connectivity index is 1.28. The van der Waals surface area contributed by atoms with Crippen molar-refractivity contribution in [1.82, 2.24) is 19.8 Å². The van der Waals surface area contributed by atoms with Crippen molar-refractivity contribution in [1.29, 1.82) is 0 Å². The molecule has 4 saturated heterocycles. The molecule has 2 spiro atoms. The van der Waals surface area contributed by atoms with Gasteiger partial charge in [0.05, 0.1) is 11.7 Å². The minimum absolute atomic E-state index is 0.205. The molecule has 4 heterocycles. The maximum Gasteiger partial charge on any atom is 0.0724 e. The van der Waals surface area contributed by atoms with Gasteiger partial charge in [0.25, 0.3) is 0 Å². The highest BCUT2D eigenvalue weighted by Gasteiger charge is 2.44. The van der Waals surface area contributed by atoms with Gasteiger partial charge in [0, 0.05) is 46.3 Å². The molecule has 0 aromatic heterocycles. The summed E-state index contributed by atoms with van der Waals surface area (Å²) in [5.41, 5.74) is 0.753. The largest absolute Gasteiger partial charge is 0.370 e. The fraction of sp³-hybridized carbons (Fsp3) is 1.00. The van der Waals surface area contributed by atoms with Crippen LogP contribution in [0.25, 0.3) is 0 Å². The summed E-state index contributed by atoms with van der Waals surface area (Å²) in [6.45, 7) is 8.51. The number of likely N-dealkylation sites (tertiary alicyclic amines) is 2. The Morgan fingerprint density at radius 1 is 0.920 bits per heavy atom. The monoisotopic (exact) mass is 350 g/mol. The van der Waals surface area contributed by atoms with Gasteiger partial charge >= 0.3 is 0 Å². The van der Waals surface area contributed by atoms with Gasteiger partial charge in [-0.05, 0) is 71.0 Å². The quantitative estimate of drug-likeness (QED) is 0.773. The van der Waals surface area contributed by atoms with Crippen LogP contribution in [0.5, 0.6) is 0 Å². The normalized spacial score (nSPS) is 37.7. The number of hydrogen-bond acceptors (Lipinski definition) is 5. The number of nitrogens with zero attached hydrogens (tertiary/aromatic N) is 4. The van der Waals surface area contributed by atoms with Gasteiger partial charge in [-0.2, -0.15) is 0 Å². The van der Waals surface area contributed by atoms with E-state index in [1.54, 1.807) is 0 Å². The molecule has 5 nitrogen and oxygen atoms in total. The van der Waals surface area contributed by atoms with Crippen LogP contribution in [0.2, 0.25) is 0 Å². The number of piperidine rings is 2. The van der Waals surface area contributed by atoms with Gasteiger partial charge in [0.2, 0.25) is 0 Å². The van der Waals surface area contributed by atoms with Crippen molar-refractivity contribution in [3.63, 3.8) is 0 Å². The number of likely N-dealkylation sites (N-methyl/N-ethyl adjacent to an activating group) is 1. The van der Waals surface area contributed by atoms with E-state index in [0.29, 0.717) is 11.5 Å². The van der Waals surface area contributed by atoms with Crippen LogP contribution in [0.4, 0.5) is 0 Å². The first kappa shape index (κ1) is 18.2. The van der Waals surface area contributed by atoms with Crippen LogP contribution < -0.4 is 0 Å². The molecule has 0 N–H and O–H groups in total.